The summed E-state index contributed by atoms with van der Waals surface area (Å²) < 4.78 is 33.8. The Morgan fingerprint density at radius 1 is 1.21 bits per heavy atom. The highest BCUT2D eigenvalue weighted by Gasteiger charge is 2.31. The fourth-order valence-electron chi connectivity index (χ4n) is 3.85. The van der Waals surface area contributed by atoms with E-state index in [1.165, 1.54) is 34.3 Å². The maximum Gasteiger partial charge on any atom is 0.357 e. The number of esters is 1. The molecule has 1 saturated heterocycles. The first-order valence-electron chi connectivity index (χ1n) is 9.28. The van der Waals surface area contributed by atoms with Gasteiger partial charge >= 0.3 is 5.97 Å². The average molecular weight is 417 g/mol. The fraction of sp³-hybridized carbons (Fsp3) is 0.400. The molecule has 2 unspecified atom stereocenters. The Kier molecular flexibility index (Phi) is 5.68. The summed E-state index contributed by atoms with van der Waals surface area (Å²) in [5.41, 5.74) is 6.59. The maximum absolute atomic E-state index is 13.0. The predicted molar refractivity (Wildman–Crippen MR) is 108 cm³/mol. The molecule has 1 aromatic heterocycles. The maximum atomic E-state index is 13.0. The Hall–Kier alpha value is -2.83. The number of piperidine rings is 1. The molecule has 0 aliphatic carbocycles. The van der Waals surface area contributed by atoms with Gasteiger partial charge in [-0.15, -0.1) is 0 Å². The number of nitrogens with two attached hydrogens (primary N) is 1. The van der Waals surface area contributed by atoms with Gasteiger partial charge in [-0.05, 0) is 42.5 Å². The smallest absolute Gasteiger partial charge is 0.357 e. The molecular weight excluding hydrogens is 392 g/mol. The van der Waals surface area contributed by atoms with Gasteiger partial charge in [0.1, 0.15) is 6.07 Å². The van der Waals surface area contributed by atoms with Crippen LogP contribution in [0.3, 0.4) is 0 Å². The minimum Gasteiger partial charge on any atom is -0.464 e. The lowest BCUT2D eigenvalue weighted by Gasteiger charge is -2.34. The van der Waals surface area contributed by atoms with Crippen LogP contribution in [0.25, 0.3) is 5.69 Å². The van der Waals surface area contributed by atoms with Crippen LogP contribution in [0.4, 0.5) is 5.69 Å². The first kappa shape index (κ1) is 20.9. The predicted octanol–water partition coefficient (Wildman–Crippen LogP) is 2.38. The van der Waals surface area contributed by atoms with Crippen molar-refractivity contribution in [2.24, 2.45) is 11.8 Å². The Balaban J connectivity index is 1.97. The van der Waals surface area contributed by atoms with Crippen molar-refractivity contribution in [3.8, 4) is 11.8 Å². The van der Waals surface area contributed by atoms with Gasteiger partial charge in [0, 0.05) is 25.0 Å². The second-order valence-corrected chi connectivity index (χ2v) is 9.48. The zero-order chi connectivity index (χ0) is 21.3. The summed E-state index contributed by atoms with van der Waals surface area (Å²) >= 11 is 0. The minimum atomic E-state index is -3.61. The summed E-state index contributed by atoms with van der Waals surface area (Å²) in [6, 6.07) is 8.09. The lowest BCUT2D eigenvalue weighted by atomic mass is 9.94. The molecular formula is C20H24N4O4S. The van der Waals surface area contributed by atoms with Gasteiger partial charge in [-0.1, -0.05) is 13.8 Å². The van der Waals surface area contributed by atoms with E-state index in [4.69, 9.17) is 10.5 Å². The van der Waals surface area contributed by atoms with Gasteiger partial charge in [-0.2, -0.15) is 9.57 Å². The summed E-state index contributed by atoms with van der Waals surface area (Å²) in [6.07, 6.45) is 2.44. The summed E-state index contributed by atoms with van der Waals surface area (Å²) in [6.45, 7) is 5.11. The first-order chi connectivity index (χ1) is 13.7. The van der Waals surface area contributed by atoms with Crippen molar-refractivity contribution in [2.75, 3.05) is 25.9 Å². The summed E-state index contributed by atoms with van der Waals surface area (Å²) in [5.74, 6) is -0.0673. The number of methoxy groups -OCH3 is 1. The van der Waals surface area contributed by atoms with E-state index >= 15 is 0 Å². The number of carbonyl (C=O) groups excluding carboxylic acids is 1. The zero-order valence-corrected chi connectivity index (χ0v) is 17.4. The van der Waals surface area contributed by atoms with Crippen LogP contribution in [0, 0.1) is 23.2 Å². The molecule has 2 N–H and O–H groups in total. The molecule has 0 saturated carbocycles. The number of ether oxygens (including phenoxy) is 1. The Morgan fingerprint density at radius 3 is 2.31 bits per heavy atom. The molecule has 1 aliphatic rings. The second kappa shape index (κ2) is 7.89. The van der Waals surface area contributed by atoms with E-state index in [1.807, 2.05) is 6.07 Å². The van der Waals surface area contributed by atoms with Crippen LogP contribution in [-0.2, 0) is 14.8 Å². The van der Waals surface area contributed by atoms with Crippen LogP contribution in [-0.4, -0.2) is 43.5 Å². The van der Waals surface area contributed by atoms with Crippen molar-refractivity contribution < 1.29 is 17.9 Å². The molecule has 8 nitrogen and oxygen atoms in total. The number of sulfonamides is 1. The van der Waals surface area contributed by atoms with Crippen molar-refractivity contribution in [3.05, 3.63) is 41.7 Å². The first-order valence-corrected chi connectivity index (χ1v) is 10.7. The number of hydrogen-bond donors (Lipinski definition) is 1. The number of nitriles is 1. The lowest BCUT2D eigenvalue weighted by molar-refractivity contribution is 0.0593. The van der Waals surface area contributed by atoms with Gasteiger partial charge in [0.05, 0.1) is 23.3 Å². The van der Waals surface area contributed by atoms with E-state index in [9.17, 15) is 18.5 Å². The van der Waals surface area contributed by atoms with E-state index in [-0.39, 0.29) is 21.8 Å². The van der Waals surface area contributed by atoms with Crippen molar-refractivity contribution in [3.63, 3.8) is 0 Å². The van der Waals surface area contributed by atoms with Gasteiger partial charge in [0.2, 0.25) is 10.0 Å². The van der Waals surface area contributed by atoms with Crippen LogP contribution in [0.15, 0.2) is 35.4 Å². The topological polar surface area (TPSA) is 118 Å². The Morgan fingerprint density at radius 2 is 1.79 bits per heavy atom. The number of hydrogen-bond acceptors (Lipinski definition) is 6. The van der Waals surface area contributed by atoms with Gasteiger partial charge in [0.15, 0.2) is 5.69 Å². The average Bonchev–Trinajstić information content (AvgIpc) is 3.03. The molecule has 3 rings (SSSR count). The van der Waals surface area contributed by atoms with Crippen LogP contribution in [0.2, 0.25) is 0 Å². The highest BCUT2D eigenvalue weighted by atomic mass is 32.2. The van der Waals surface area contributed by atoms with Crippen molar-refractivity contribution in [2.45, 2.75) is 25.2 Å². The largest absolute Gasteiger partial charge is 0.464 e. The summed E-state index contributed by atoms with van der Waals surface area (Å²) in [5, 5.41) is 9.22. The molecule has 154 valence electrons. The Bertz CT molecular complexity index is 1060. The van der Waals surface area contributed by atoms with Crippen molar-refractivity contribution >= 4 is 21.7 Å². The molecule has 2 aromatic rings. The van der Waals surface area contributed by atoms with Gasteiger partial charge in [-0.25, -0.2) is 13.2 Å². The molecule has 1 aromatic carbocycles. The third kappa shape index (κ3) is 3.86. The summed E-state index contributed by atoms with van der Waals surface area (Å²) in [4.78, 5) is 12.3. The van der Waals surface area contributed by atoms with Crippen LogP contribution < -0.4 is 5.73 Å². The summed E-state index contributed by atoms with van der Waals surface area (Å²) in [7, 11) is -2.39. The second-order valence-electron chi connectivity index (χ2n) is 7.54. The van der Waals surface area contributed by atoms with E-state index in [2.05, 4.69) is 13.8 Å². The SMILES string of the molecule is COC(=O)c1c(N)c(C#N)cn1-c1ccc(S(=O)(=O)N2CC(C)CC(C)C2)cc1. The number of nitrogens with zero attached hydrogens (tertiary/aromatic N) is 3. The number of aromatic nitrogens is 1. The van der Waals surface area contributed by atoms with Crippen molar-refractivity contribution in [1.29, 1.82) is 5.26 Å². The molecule has 0 bridgehead atoms. The number of rotatable bonds is 4. The molecule has 9 heteroatoms. The van der Waals surface area contributed by atoms with Crippen molar-refractivity contribution in [1.82, 2.24) is 8.87 Å². The molecule has 0 radical (unpaired) electrons. The van der Waals surface area contributed by atoms with E-state index < -0.39 is 16.0 Å². The molecule has 1 aliphatic heterocycles. The van der Waals surface area contributed by atoms with Crippen LogP contribution in [0.5, 0.6) is 0 Å². The standard InChI is InChI=1S/C20H24N4O4S/c1-13-8-14(2)11-23(10-13)29(26,27)17-6-4-16(5-7-17)24-12-15(9-21)18(22)19(24)20(25)28-3/h4-7,12-14H,8,10-11,22H2,1-3H3. The zero-order valence-electron chi connectivity index (χ0n) is 16.6. The highest BCUT2D eigenvalue weighted by Crippen LogP contribution is 2.28. The quantitative estimate of drug-likeness (QED) is 0.765. The molecule has 0 spiro atoms. The van der Waals surface area contributed by atoms with Crippen LogP contribution in [0.1, 0.15) is 36.3 Å². The van der Waals surface area contributed by atoms with E-state index in [0.29, 0.717) is 30.6 Å². The number of nitrogen functional groups attached to an aromatic ring is 1. The number of benzene rings is 1. The van der Waals surface area contributed by atoms with E-state index in [1.54, 1.807) is 12.1 Å². The molecule has 1 fully saturated rings. The van der Waals surface area contributed by atoms with E-state index in [0.717, 1.165) is 6.42 Å². The molecule has 2 heterocycles. The number of anilines is 1. The number of carbonyl (C=O) groups is 1. The lowest BCUT2D eigenvalue weighted by Crippen LogP contribution is -2.42. The Labute approximate surface area is 170 Å². The molecule has 29 heavy (non-hydrogen) atoms. The third-order valence-electron chi connectivity index (χ3n) is 5.13. The van der Waals surface area contributed by atoms with Crippen LogP contribution >= 0.6 is 0 Å². The van der Waals surface area contributed by atoms with Gasteiger partial charge < -0.3 is 15.0 Å². The monoisotopic (exact) mass is 416 g/mol. The molecule has 2 atom stereocenters. The normalized spacial score (nSPS) is 20.2. The van der Waals surface area contributed by atoms with Gasteiger partial charge in [-0.3, -0.25) is 0 Å². The minimum absolute atomic E-state index is 0.0207. The molecule has 0 amide bonds. The van der Waals surface area contributed by atoms with Gasteiger partial charge in [0.25, 0.3) is 0 Å². The third-order valence-corrected chi connectivity index (χ3v) is 6.98. The fourth-order valence-corrected chi connectivity index (χ4v) is 5.53. The highest BCUT2D eigenvalue weighted by molar-refractivity contribution is 7.89.